The van der Waals surface area contributed by atoms with Crippen LogP contribution in [0.1, 0.15) is 18.1 Å². The molecule has 0 aromatic heterocycles. The van der Waals surface area contributed by atoms with Crippen molar-refractivity contribution in [3.63, 3.8) is 0 Å². The van der Waals surface area contributed by atoms with E-state index in [1.54, 1.807) is 6.07 Å². The Bertz CT molecular complexity index is 404. The molecule has 0 saturated heterocycles. The molecule has 1 nitrogen and oxygen atoms in total. The summed E-state index contributed by atoms with van der Waals surface area (Å²) in [6.45, 7) is 2.30. The quantitative estimate of drug-likeness (QED) is 0.799. The molecule has 0 aliphatic heterocycles. The van der Waals surface area contributed by atoms with Crippen molar-refractivity contribution in [2.75, 3.05) is 6.54 Å². The number of benzene rings is 1. The number of hydrogen-bond acceptors (Lipinski definition) is 1. The summed E-state index contributed by atoms with van der Waals surface area (Å²) in [5, 5.41) is 3.02. The zero-order valence-electron chi connectivity index (χ0n) is 9.51. The summed E-state index contributed by atoms with van der Waals surface area (Å²) in [6.07, 6.45) is 1.32. The summed E-state index contributed by atoms with van der Waals surface area (Å²) in [4.78, 5) is 0. The molecular formula is C13H14F3N. The van der Waals surface area contributed by atoms with Gasteiger partial charge in [0.15, 0.2) is 0 Å². The molecule has 1 aromatic carbocycles. The van der Waals surface area contributed by atoms with Crippen molar-refractivity contribution in [1.29, 1.82) is 0 Å². The first-order chi connectivity index (χ1) is 7.93. The average molecular weight is 241 g/mol. The number of alkyl halides is 3. The molecule has 0 spiro atoms. The minimum Gasteiger partial charge on any atom is -0.303 e. The van der Waals surface area contributed by atoms with Gasteiger partial charge in [-0.15, -0.1) is 6.42 Å². The van der Waals surface area contributed by atoms with Gasteiger partial charge in [0.25, 0.3) is 0 Å². The smallest absolute Gasteiger partial charge is 0.303 e. The van der Waals surface area contributed by atoms with Gasteiger partial charge in [0, 0.05) is 6.04 Å². The molecule has 1 N–H and O–H groups in total. The summed E-state index contributed by atoms with van der Waals surface area (Å²) in [7, 11) is 0. The highest BCUT2D eigenvalue weighted by Gasteiger charge is 2.30. The number of halogens is 3. The van der Waals surface area contributed by atoms with E-state index in [1.165, 1.54) is 12.1 Å². The lowest BCUT2D eigenvalue weighted by atomic mass is 10.0. The number of hydrogen-bond donors (Lipinski definition) is 1. The molecule has 1 unspecified atom stereocenters. The van der Waals surface area contributed by atoms with Gasteiger partial charge in [-0.25, -0.2) is 0 Å². The van der Waals surface area contributed by atoms with Gasteiger partial charge < -0.3 is 5.32 Å². The van der Waals surface area contributed by atoms with Crippen LogP contribution in [-0.4, -0.2) is 12.6 Å². The lowest BCUT2D eigenvalue weighted by molar-refractivity contribution is -0.137. The fourth-order valence-corrected chi connectivity index (χ4v) is 1.53. The van der Waals surface area contributed by atoms with E-state index in [0.29, 0.717) is 18.5 Å². The second-order valence-corrected chi connectivity index (χ2v) is 3.89. The highest BCUT2D eigenvalue weighted by atomic mass is 19.4. The zero-order chi connectivity index (χ0) is 12.9. The van der Waals surface area contributed by atoms with E-state index in [2.05, 4.69) is 11.2 Å². The van der Waals surface area contributed by atoms with Gasteiger partial charge >= 0.3 is 6.18 Å². The molecule has 0 fully saturated rings. The summed E-state index contributed by atoms with van der Waals surface area (Å²) >= 11 is 0. The molecule has 0 saturated carbocycles. The van der Waals surface area contributed by atoms with Crippen molar-refractivity contribution in [3.05, 3.63) is 35.4 Å². The summed E-state index contributed by atoms with van der Waals surface area (Å²) in [6, 6.07) is 5.40. The third-order valence-electron chi connectivity index (χ3n) is 2.35. The fraction of sp³-hybridized carbons (Fsp3) is 0.385. The maximum absolute atomic E-state index is 12.5. The average Bonchev–Trinajstić information content (AvgIpc) is 2.25. The molecule has 1 rings (SSSR count). The minimum atomic E-state index is -4.29. The molecule has 4 heteroatoms. The van der Waals surface area contributed by atoms with Gasteiger partial charge in [-0.1, -0.05) is 24.1 Å². The van der Waals surface area contributed by atoms with Crippen molar-refractivity contribution in [2.24, 2.45) is 0 Å². The van der Waals surface area contributed by atoms with Crippen molar-refractivity contribution < 1.29 is 13.2 Å². The summed E-state index contributed by atoms with van der Waals surface area (Å²) in [5.74, 6) is 2.43. The molecular weight excluding hydrogens is 227 g/mol. The SMILES string of the molecule is C#CCNC(C)Cc1cccc(C(F)(F)F)c1. The van der Waals surface area contributed by atoms with E-state index in [4.69, 9.17) is 6.42 Å². The fourth-order valence-electron chi connectivity index (χ4n) is 1.53. The van der Waals surface area contributed by atoms with Crippen LogP contribution in [0.4, 0.5) is 13.2 Å². The van der Waals surface area contributed by atoms with E-state index in [0.717, 1.165) is 6.07 Å². The van der Waals surface area contributed by atoms with Crippen molar-refractivity contribution in [1.82, 2.24) is 5.32 Å². The molecule has 0 heterocycles. The van der Waals surface area contributed by atoms with E-state index in [1.807, 2.05) is 6.92 Å². The minimum absolute atomic E-state index is 0.0505. The van der Waals surface area contributed by atoms with Gasteiger partial charge in [-0.05, 0) is 25.0 Å². The third-order valence-corrected chi connectivity index (χ3v) is 2.35. The Labute approximate surface area is 99.0 Å². The van der Waals surface area contributed by atoms with E-state index in [9.17, 15) is 13.2 Å². The molecule has 0 radical (unpaired) electrons. The van der Waals surface area contributed by atoms with E-state index >= 15 is 0 Å². The Morgan fingerprint density at radius 3 is 2.71 bits per heavy atom. The van der Waals surface area contributed by atoms with Crippen molar-refractivity contribution in [3.8, 4) is 12.3 Å². The molecule has 92 valence electrons. The lowest BCUT2D eigenvalue weighted by Crippen LogP contribution is -2.28. The van der Waals surface area contributed by atoms with Crippen molar-refractivity contribution in [2.45, 2.75) is 25.6 Å². The highest BCUT2D eigenvalue weighted by Crippen LogP contribution is 2.29. The van der Waals surface area contributed by atoms with Gasteiger partial charge in [0.2, 0.25) is 0 Å². The predicted octanol–water partition coefficient (Wildman–Crippen LogP) is 2.86. The molecule has 0 aliphatic rings. The largest absolute Gasteiger partial charge is 0.416 e. The van der Waals surface area contributed by atoms with Crippen LogP contribution in [0, 0.1) is 12.3 Å². The topological polar surface area (TPSA) is 12.0 Å². The molecule has 0 amide bonds. The Kier molecular flexibility index (Phi) is 4.59. The molecule has 0 aliphatic carbocycles. The van der Waals surface area contributed by atoms with Crippen LogP contribution < -0.4 is 5.32 Å². The van der Waals surface area contributed by atoms with Gasteiger partial charge in [0.05, 0.1) is 12.1 Å². The van der Waals surface area contributed by atoms with Crippen LogP contribution in [0.15, 0.2) is 24.3 Å². The maximum atomic E-state index is 12.5. The van der Waals surface area contributed by atoms with Crippen LogP contribution in [0.3, 0.4) is 0 Å². The second-order valence-electron chi connectivity index (χ2n) is 3.89. The molecule has 17 heavy (non-hydrogen) atoms. The first kappa shape index (κ1) is 13.6. The Morgan fingerprint density at radius 2 is 2.12 bits per heavy atom. The summed E-state index contributed by atoms with van der Waals surface area (Å²) < 4.78 is 37.4. The van der Waals surface area contributed by atoms with Crippen molar-refractivity contribution >= 4 is 0 Å². The monoisotopic (exact) mass is 241 g/mol. The Balaban J connectivity index is 2.70. The van der Waals surface area contributed by atoms with Crippen LogP contribution in [0.25, 0.3) is 0 Å². The van der Waals surface area contributed by atoms with Crippen LogP contribution in [0.2, 0.25) is 0 Å². The van der Waals surface area contributed by atoms with Crippen LogP contribution in [-0.2, 0) is 12.6 Å². The number of terminal acetylenes is 1. The molecule has 1 aromatic rings. The zero-order valence-corrected chi connectivity index (χ0v) is 9.51. The highest BCUT2D eigenvalue weighted by molar-refractivity contribution is 5.26. The number of rotatable bonds is 4. The first-order valence-electron chi connectivity index (χ1n) is 5.26. The van der Waals surface area contributed by atoms with Crippen LogP contribution >= 0.6 is 0 Å². The Morgan fingerprint density at radius 1 is 1.41 bits per heavy atom. The lowest BCUT2D eigenvalue weighted by Gasteiger charge is -2.13. The van der Waals surface area contributed by atoms with Gasteiger partial charge in [-0.2, -0.15) is 13.2 Å². The predicted molar refractivity (Wildman–Crippen MR) is 61.4 cm³/mol. The number of nitrogens with one attached hydrogen (secondary N) is 1. The second kappa shape index (κ2) is 5.74. The standard InChI is InChI=1S/C13H14F3N/c1-3-7-17-10(2)8-11-5-4-6-12(9-11)13(14,15)16/h1,4-6,9-10,17H,7-8H2,2H3. The van der Waals surface area contributed by atoms with Crippen LogP contribution in [0.5, 0.6) is 0 Å². The molecule has 1 atom stereocenters. The van der Waals surface area contributed by atoms with Gasteiger partial charge in [0.1, 0.15) is 0 Å². The van der Waals surface area contributed by atoms with Gasteiger partial charge in [-0.3, -0.25) is 0 Å². The Hall–Kier alpha value is -1.47. The summed E-state index contributed by atoms with van der Waals surface area (Å²) in [5.41, 5.74) is 0.0380. The third kappa shape index (κ3) is 4.49. The van der Waals surface area contributed by atoms with E-state index in [-0.39, 0.29) is 6.04 Å². The van der Waals surface area contributed by atoms with E-state index < -0.39 is 11.7 Å². The normalized spacial score (nSPS) is 13.1. The molecule has 0 bridgehead atoms. The maximum Gasteiger partial charge on any atom is 0.416 e. The first-order valence-corrected chi connectivity index (χ1v) is 5.26.